The highest BCUT2D eigenvalue weighted by molar-refractivity contribution is 5.98. The number of nitrogens with one attached hydrogen (secondary N) is 1. The van der Waals surface area contributed by atoms with Gasteiger partial charge in [0.1, 0.15) is 5.82 Å². The van der Waals surface area contributed by atoms with Crippen LogP contribution in [0.2, 0.25) is 0 Å². The Balaban J connectivity index is 2.02. The van der Waals surface area contributed by atoms with Gasteiger partial charge in [-0.15, -0.1) is 0 Å². The van der Waals surface area contributed by atoms with E-state index in [1.54, 1.807) is 0 Å². The molecule has 1 aliphatic carbocycles. The summed E-state index contributed by atoms with van der Waals surface area (Å²) in [4.78, 5) is 15.3. The molecule has 2 rings (SSSR count). The zero-order chi connectivity index (χ0) is 13.1. The molecule has 1 aromatic heterocycles. The van der Waals surface area contributed by atoms with Gasteiger partial charge in [-0.2, -0.15) is 0 Å². The molecular formula is C12H18N4O2. The monoisotopic (exact) mass is 250 g/mol. The number of nitrogens with two attached hydrogens (primary N) is 2. The number of aliphatic hydroxyl groups excluding tert-OH is 1. The summed E-state index contributed by atoms with van der Waals surface area (Å²) in [6, 6.07) is 1.52. The summed E-state index contributed by atoms with van der Waals surface area (Å²) in [7, 11) is 0. The lowest BCUT2D eigenvalue weighted by molar-refractivity contribution is 0.100. The number of anilines is 2. The average molecular weight is 250 g/mol. The van der Waals surface area contributed by atoms with Crippen LogP contribution in [0.3, 0.4) is 0 Å². The molecule has 6 nitrogen and oxygen atoms in total. The summed E-state index contributed by atoms with van der Waals surface area (Å²) in [5.74, 6) is 0.307. The molecule has 6 heteroatoms. The fourth-order valence-corrected chi connectivity index (χ4v) is 2.28. The van der Waals surface area contributed by atoms with Crippen LogP contribution < -0.4 is 16.8 Å². The lowest BCUT2D eigenvalue weighted by Crippen LogP contribution is -2.19. The summed E-state index contributed by atoms with van der Waals surface area (Å²) in [5, 5.41) is 12.5. The Hall–Kier alpha value is -1.82. The van der Waals surface area contributed by atoms with Crippen LogP contribution in [0, 0.1) is 5.92 Å². The molecule has 6 N–H and O–H groups in total. The molecule has 1 aromatic rings. The molecule has 1 fully saturated rings. The first-order chi connectivity index (χ1) is 8.56. The van der Waals surface area contributed by atoms with Gasteiger partial charge in [0.25, 0.3) is 5.91 Å². The van der Waals surface area contributed by atoms with Crippen molar-refractivity contribution in [3.05, 3.63) is 17.8 Å². The highest BCUT2D eigenvalue weighted by atomic mass is 16.3. The van der Waals surface area contributed by atoms with Crippen LogP contribution in [-0.2, 0) is 0 Å². The summed E-state index contributed by atoms with van der Waals surface area (Å²) in [6.45, 7) is 0.675. The molecule has 2 atom stereocenters. The second-order valence-corrected chi connectivity index (χ2v) is 4.74. The molecule has 0 aliphatic heterocycles. The molecule has 1 heterocycles. The minimum absolute atomic E-state index is 0.202. The van der Waals surface area contributed by atoms with E-state index in [1.165, 1.54) is 12.3 Å². The van der Waals surface area contributed by atoms with Crippen LogP contribution >= 0.6 is 0 Å². The lowest BCUT2D eigenvalue weighted by Gasteiger charge is -2.13. The third-order valence-corrected chi connectivity index (χ3v) is 3.25. The fourth-order valence-electron chi connectivity index (χ4n) is 2.28. The molecule has 0 aromatic carbocycles. The van der Waals surface area contributed by atoms with E-state index >= 15 is 0 Å². The highest BCUT2D eigenvalue weighted by Crippen LogP contribution is 2.26. The highest BCUT2D eigenvalue weighted by Gasteiger charge is 2.23. The van der Waals surface area contributed by atoms with E-state index in [-0.39, 0.29) is 6.10 Å². The maximum absolute atomic E-state index is 11.3. The number of carbonyl (C=O) groups excluding carboxylic acids is 1. The second kappa shape index (κ2) is 5.22. The van der Waals surface area contributed by atoms with Gasteiger partial charge in [-0.1, -0.05) is 0 Å². The second-order valence-electron chi connectivity index (χ2n) is 4.74. The molecule has 1 saturated carbocycles. The maximum atomic E-state index is 11.3. The molecule has 98 valence electrons. The van der Waals surface area contributed by atoms with Crippen molar-refractivity contribution in [2.24, 2.45) is 11.7 Å². The molecule has 2 unspecified atom stereocenters. The predicted molar refractivity (Wildman–Crippen MR) is 69.0 cm³/mol. The first-order valence-electron chi connectivity index (χ1n) is 6.03. The largest absolute Gasteiger partial charge is 0.397 e. The average Bonchev–Trinajstić information content (AvgIpc) is 2.73. The summed E-state index contributed by atoms with van der Waals surface area (Å²) in [6.07, 6.45) is 3.89. The number of nitrogens with zero attached hydrogens (tertiary/aromatic N) is 1. The van der Waals surface area contributed by atoms with Gasteiger partial charge in [-0.05, 0) is 31.2 Å². The van der Waals surface area contributed by atoms with E-state index in [1.807, 2.05) is 0 Å². The third-order valence-electron chi connectivity index (χ3n) is 3.25. The van der Waals surface area contributed by atoms with Crippen molar-refractivity contribution in [2.45, 2.75) is 25.4 Å². The summed E-state index contributed by atoms with van der Waals surface area (Å²) >= 11 is 0. The van der Waals surface area contributed by atoms with E-state index in [2.05, 4.69) is 10.3 Å². The van der Waals surface area contributed by atoms with Crippen molar-refractivity contribution < 1.29 is 9.90 Å². The Morgan fingerprint density at radius 2 is 2.33 bits per heavy atom. The van der Waals surface area contributed by atoms with Gasteiger partial charge in [0.2, 0.25) is 0 Å². The van der Waals surface area contributed by atoms with E-state index < -0.39 is 5.91 Å². The molecular weight excluding hydrogens is 232 g/mol. The fraction of sp³-hybridized carbons (Fsp3) is 0.500. The lowest BCUT2D eigenvalue weighted by atomic mass is 10.1. The van der Waals surface area contributed by atoms with Crippen LogP contribution in [0.15, 0.2) is 12.3 Å². The molecule has 1 amide bonds. The van der Waals surface area contributed by atoms with E-state index in [0.717, 1.165) is 19.3 Å². The normalized spacial score (nSPS) is 22.9. The third kappa shape index (κ3) is 2.89. The number of hydrogen-bond acceptors (Lipinski definition) is 5. The van der Waals surface area contributed by atoms with Crippen LogP contribution in [0.4, 0.5) is 11.5 Å². The number of rotatable bonds is 4. The van der Waals surface area contributed by atoms with Crippen LogP contribution in [0.5, 0.6) is 0 Å². The van der Waals surface area contributed by atoms with Crippen LogP contribution in [-0.4, -0.2) is 28.6 Å². The number of primary amides is 1. The maximum Gasteiger partial charge on any atom is 0.252 e. The minimum atomic E-state index is -0.552. The Morgan fingerprint density at radius 3 is 2.94 bits per heavy atom. The Kier molecular flexibility index (Phi) is 3.66. The molecule has 0 spiro atoms. The van der Waals surface area contributed by atoms with Crippen molar-refractivity contribution in [3.63, 3.8) is 0 Å². The topological polar surface area (TPSA) is 114 Å². The Morgan fingerprint density at radius 1 is 1.56 bits per heavy atom. The number of hydrogen-bond donors (Lipinski definition) is 4. The van der Waals surface area contributed by atoms with Gasteiger partial charge < -0.3 is 21.9 Å². The number of aromatic nitrogens is 1. The molecule has 1 aliphatic rings. The SMILES string of the molecule is NC(=O)c1cc(N)cnc1NCC1CCC(O)C1. The Labute approximate surface area is 105 Å². The van der Waals surface area contributed by atoms with Crippen molar-refractivity contribution in [1.82, 2.24) is 4.98 Å². The number of nitrogen functional groups attached to an aromatic ring is 1. The van der Waals surface area contributed by atoms with Crippen molar-refractivity contribution in [3.8, 4) is 0 Å². The quantitative estimate of drug-likeness (QED) is 0.615. The van der Waals surface area contributed by atoms with Gasteiger partial charge in [-0.25, -0.2) is 4.98 Å². The van der Waals surface area contributed by atoms with Gasteiger partial charge in [-0.3, -0.25) is 4.79 Å². The van der Waals surface area contributed by atoms with Gasteiger partial charge in [0.15, 0.2) is 0 Å². The van der Waals surface area contributed by atoms with Crippen molar-refractivity contribution >= 4 is 17.4 Å². The van der Waals surface area contributed by atoms with Gasteiger partial charge in [0.05, 0.1) is 23.6 Å². The Bertz CT molecular complexity index is 450. The van der Waals surface area contributed by atoms with Gasteiger partial charge >= 0.3 is 0 Å². The van der Waals surface area contributed by atoms with Crippen LogP contribution in [0.25, 0.3) is 0 Å². The van der Waals surface area contributed by atoms with Crippen molar-refractivity contribution in [1.29, 1.82) is 0 Å². The number of carbonyl (C=O) groups is 1. The van der Waals surface area contributed by atoms with E-state index in [4.69, 9.17) is 11.5 Å². The van der Waals surface area contributed by atoms with Crippen LogP contribution in [0.1, 0.15) is 29.6 Å². The van der Waals surface area contributed by atoms with Gasteiger partial charge in [0, 0.05) is 6.54 Å². The molecule has 0 bridgehead atoms. The van der Waals surface area contributed by atoms with E-state index in [9.17, 15) is 9.90 Å². The summed E-state index contributed by atoms with van der Waals surface area (Å²) < 4.78 is 0. The minimum Gasteiger partial charge on any atom is -0.397 e. The number of pyridine rings is 1. The molecule has 18 heavy (non-hydrogen) atoms. The first-order valence-corrected chi connectivity index (χ1v) is 6.03. The standard InChI is InChI=1S/C12H18N4O2/c13-8-4-10(11(14)18)12(16-6-8)15-5-7-1-2-9(17)3-7/h4,6-7,9,17H,1-3,5,13H2,(H2,14,18)(H,15,16). The summed E-state index contributed by atoms with van der Waals surface area (Å²) in [5.41, 5.74) is 11.6. The first kappa shape index (κ1) is 12.6. The van der Waals surface area contributed by atoms with Crippen molar-refractivity contribution in [2.75, 3.05) is 17.6 Å². The molecule has 0 radical (unpaired) electrons. The number of amides is 1. The zero-order valence-electron chi connectivity index (χ0n) is 10.1. The van der Waals surface area contributed by atoms with E-state index in [0.29, 0.717) is 29.5 Å². The molecule has 0 saturated heterocycles. The predicted octanol–water partition coefficient (Wildman–Crippen LogP) is 0.336. The smallest absolute Gasteiger partial charge is 0.252 e. The number of aliphatic hydroxyl groups is 1. The zero-order valence-corrected chi connectivity index (χ0v) is 10.1.